The minimum atomic E-state index is -1.29. The zero-order valence-corrected chi connectivity index (χ0v) is 10.6. The van der Waals surface area contributed by atoms with Crippen molar-refractivity contribution in [3.8, 4) is 0 Å². The first-order valence-corrected chi connectivity index (χ1v) is 5.64. The highest BCUT2D eigenvalue weighted by molar-refractivity contribution is 5.80. The lowest BCUT2D eigenvalue weighted by atomic mass is 10.2. The molecular formula is C10H22N2O7. The normalized spacial score (nSPS) is 11.6. The van der Waals surface area contributed by atoms with Gasteiger partial charge >= 0.3 is 11.9 Å². The predicted molar refractivity (Wildman–Crippen MR) is 65.6 cm³/mol. The first kappa shape index (κ1) is 20.1. The van der Waals surface area contributed by atoms with E-state index in [0.29, 0.717) is 19.6 Å². The second-order valence-corrected chi connectivity index (χ2v) is 3.56. The van der Waals surface area contributed by atoms with Crippen molar-refractivity contribution < 1.29 is 35.1 Å². The summed E-state index contributed by atoms with van der Waals surface area (Å²) < 4.78 is 0. The fourth-order valence-electron chi connectivity index (χ4n) is 1.04. The molecule has 7 N–H and O–H groups in total. The summed E-state index contributed by atoms with van der Waals surface area (Å²) in [7, 11) is 0. The number of nitrogens with zero attached hydrogens (tertiary/aromatic N) is 1. The molecule has 0 rings (SSSR count). The lowest BCUT2D eigenvalue weighted by molar-refractivity contribution is -0.144. The Morgan fingerprint density at radius 3 is 1.47 bits per heavy atom. The van der Waals surface area contributed by atoms with Gasteiger partial charge in [0.1, 0.15) is 6.04 Å². The molecule has 0 amide bonds. The van der Waals surface area contributed by atoms with Crippen LogP contribution in [0.2, 0.25) is 0 Å². The fraction of sp³-hybridized carbons (Fsp3) is 0.800. The van der Waals surface area contributed by atoms with Gasteiger partial charge in [-0.05, 0) is 0 Å². The summed E-state index contributed by atoms with van der Waals surface area (Å²) in [4.78, 5) is 21.4. The van der Waals surface area contributed by atoms with Crippen LogP contribution in [0.3, 0.4) is 0 Å². The van der Waals surface area contributed by atoms with Crippen molar-refractivity contribution in [2.75, 3.05) is 39.5 Å². The number of carbonyl (C=O) groups is 2. The zero-order valence-electron chi connectivity index (χ0n) is 10.6. The summed E-state index contributed by atoms with van der Waals surface area (Å²) in [5, 5.41) is 41.5. The summed E-state index contributed by atoms with van der Waals surface area (Å²) in [5.74, 6) is -2.50. The number of nitrogens with two attached hydrogens (primary N) is 1. The second-order valence-electron chi connectivity index (χ2n) is 3.56. The molecule has 0 fully saturated rings. The van der Waals surface area contributed by atoms with Gasteiger partial charge in [-0.25, -0.2) is 0 Å². The smallest absolute Gasteiger partial charge is 0.321 e. The molecule has 0 aromatic rings. The highest BCUT2D eigenvalue weighted by atomic mass is 16.4. The maximum Gasteiger partial charge on any atom is 0.321 e. The average molecular weight is 282 g/mol. The van der Waals surface area contributed by atoms with E-state index in [1.807, 2.05) is 0 Å². The average Bonchev–Trinajstić information content (AvgIpc) is 2.30. The Bertz CT molecular complexity index is 236. The molecule has 0 bridgehead atoms. The molecule has 0 spiro atoms. The van der Waals surface area contributed by atoms with Gasteiger partial charge in [-0.2, -0.15) is 0 Å². The monoisotopic (exact) mass is 282 g/mol. The molecule has 9 nitrogen and oxygen atoms in total. The number of hydrogen-bond acceptors (Lipinski definition) is 7. The van der Waals surface area contributed by atoms with E-state index in [4.69, 9.17) is 31.3 Å². The van der Waals surface area contributed by atoms with Gasteiger partial charge in [0.15, 0.2) is 0 Å². The Kier molecular flexibility index (Phi) is 13.9. The minimum Gasteiger partial charge on any atom is -0.481 e. The Morgan fingerprint density at radius 1 is 0.947 bits per heavy atom. The van der Waals surface area contributed by atoms with Crippen LogP contribution in [0.1, 0.15) is 6.42 Å². The highest BCUT2D eigenvalue weighted by Gasteiger charge is 2.14. The standard InChI is InChI=1S/C6H15NO3.C4H7NO4/c8-4-1-7(2-5-9)3-6-10;5-2(4(8)9)1-3(6)7/h8-10H,1-6H2;2H,1,5H2,(H,6,7)(H,8,9). The van der Waals surface area contributed by atoms with Gasteiger partial charge in [0, 0.05) is 19.6 Å². The molecule has 0 aliphatic carbocycles. The van der Waals surface area contributed by atoms with Crippen LogP contribution in [0, 0.1) is 0 Å². The summed E-state index contributed by atoms with van der Waals surface area (Å²) in [6.07, 6.45) is -0.532. The molecule has 0 aliphatic rings. The number of aliphatic hydroxyl groups excluding tert-OH is 3. The number of aliphatic hydroxyl groups is 3. The molecular weight excluding hydrogens is 260 g/mol. The highest BCUT2D eigenvalue weighted by Crippen LogP contribution is 1.86. The number of carboxylic acid groups (broad SMARTS) is 2. The van der Waals surface area contributed by atoms with Gasteiger partial charge in [-0.15, -0.1) is 0 Å². The van der Waals surface area contributed by atoms with Crippen molar-refractivity contribution in [2.45, 2.75) is 12.5 Å². The van der Waals surface area contributed by atoms with E-state index < -0.39 is 24.4 Å². The maximum absolute atomic E-state index is 9.85. The van der Waals surface area contributed by atoms with Crippen molar-refractivity contribution >= 4 is 11.9 Å². The lowest BCUT2D eigenvalue weighted by Gasteiger charge is -2.17. The summed E-state index contributed by atoms with van der Waals surface area (Å²) in [6, 6.07) is -1.29. The van der Waals surface area contributed by atoms with Crippen molar-refractivity contribution in [1.82, 2.24) is 4.90 Å². The van der Waals surface area contributed by atoms with Gasteiger partial charge in [0.05, 0.1) is 26.2 Å². The van der Waals surface area contributed by atoms with E-state index >= 15 is 0 Å². The Balaban J connectivity index is 0. The predicted octanol–water partition coefficient (Wildman–Crippen LogP) is -2.86. The van der Waals surface area contributed by atoms with E-state index in [9.17, 15) is 9.59 Å². The molecule has 0 aromatic carbocycles. The van der Waals surface area contributed by atoms with Gasteiger partial charge < -0.3 is 31.3 Å². The molecule has 1 atom stereocenters. The molecule has 0 heterocycles. The Labute approximate surface area is 110 Å². The van der Waals surface area contributed by atoms with Crippen molar-refractivity contribution in [2.24, 2.45) is 5.73 Å². The summed E-state index contributed by atoms with van der Waals surface area (Å²) >= 11 is 0. The van der Waals surface area contributed by atoms with E-state index in [1.165, 1.54) is 0 Å². The maximum atomic E-state index is 9.85. The molecule has 19 heavy (non-hydrogen) atoms. The quantitative estimate of drug-likeness (QED) is 0.261. The van der Waals surface area contributed by atoms with E-state index in [0.717, 1.165) is 0 Å². The van der Waals surface area contributed by atoms with E-state index in [2.05, 4.69) is 0 Å². The van der Waals surface area contributed by atoms with Crippen LogP contribution in [0.4, 0.5) is 0 Å². The van der Waals surface area contributed by atoms with Gasteiger partial charge in [-0.3, -0.25) is 14.5 Å². The number of carboxylic acids is 2. The number of aliphatic carboxylic acids is 2. The van der Waals surface area contributed by atoms with Crippen LogP contribution in [0.25, 0.3) is 0 Å². The molecule has 0 saturated carbocycles. The molecule has 0 saturated heterocycles. The van der Waals surface area contributed by atoms with Crippen molar-refractivity contribution in [3.63, 3.8) is 0 Å². The van der Waals surface area contributed by atoms with Crippen LogP contribution < -0.4 is 5.73 Å². The van der Waals surface area contributed by atoms with Gasteiger partial charge in [0.25, 0.3) is 0 Å². The third kappa shape index (κ3) is 14.7. The molecule has 0 aromatic heterocycles. The first-order valence-electron chi connectivity index (χ1n) is 5.64. The topological polar surface area (TPSA) is 165 Å². The molecule has 0 radical (unpaired) electrons. The largest absolute Gasteiger partial charge is 0.481 e. The summed E-state index contributed by atoms with van der Waals surface area (Å²) in [5.41, 5.74) is 4.84. The number of rotatable bonds is 9. The van der Waals surface area contributed by atoms with Gasteiger partial charge in [0.2, 0.25) is 0 Å². The fourth-order valence-corrected chi connectivity index (χ4v) is 1.04. The summed E-state index contributed by atoms with van der Waals surface area (Å²) in [6.45, 7) is 1.75. The van der Waals surface area contributed by atoms with Crippen molar-refractivity contribution in [1.29, 1.82) is 0 Å². The SMILES string of the molecule is NC(CC(=O)O)C(=O)O.OCCN(CCO)CCO. The lowest BCUT2D eigenvalue weighted by Crippen LogP contribution is -2.32. The third-order valence-electron chi connectivity index (χ3n) is 1.96. The number of hydrogen-bond donors (Lipinski definition) is 6. The minimum absolute atomic E-state index is 0.0694. The third-order valence-corrected chi connectivity index (χ3v) is 1.96. The molecule has 9 heteroatoms. The zero-order chi connectivity index (χ0) is 15.3. The van der Waals surface area contributed by atoms with Crippen LogP contribution in [-0.4, -0.2) is 87.9 Å². The van der Waals surface area contributed by atoms with Crippen LogP contribution >= 0.6 is 0 Å². The van der Waals surface area contributed by atoms with E-state index in [1.54, 1.807) is 4.90 Å². The Morgan fingerprint density at radius 2 is 1.32 bits per heavy atom. The second kappa shape index (κ2) is 13.2. The molecule has 114 valence electrons. The van der Waals surface area contributed by atoms with Gasteiger partial charge in [-0.1, -0.05) is 0 Å². The first-order chi connectivity index (χ1) is 8.88. The van der Waals surface area contributed by atoms with Crippen LogP contribution in [-0.2, 0) is 9.59 Å². The van der Waals surface area contributed by atoms with Crippen LogP contribution in [0.5, 0.6) is 0 Å². The van der Waals surface area contributed by atoms with Crippen molar-refractivity contribution in [3.05, 3.63) is 0 Å². The van der Waals surface area contributed by atoms with E-state index in [-0.39, 0.29) is 19.8 Å². The Hall–Kier alpha value is -1.26. The molecule has 1 unspecified atom stereocenters. The molecule has 0 aliphatic heterocycles. The van der Waals surface area contributed by atoms with Crippen LogP contribution in [0.15, 0.2) is 0 Å².